The van der Waals surface area contributed by atoms with E-state index < -0.39 is 41.0 Å². The number of aliphatic hydroxyl groups excluding tert-OH is 1. The topological polar surface area (TPSA) is 82.1 Å². The predicted octanol–water partition coefficient (Wildman–Crippen LogP) is 2.23. The van der Waals surface area contributed by atoms with Crippen LogP contribution < -0.4 is 0 Å². The van der Waals surface area contributed by atoms with Crippen molar-refractivity contribution in [2.24, 2.45) is 0 Å². The lowest BCUT2D eigenvalue weighted by atomic mass is 10.0. The van der Waals surface area contributed by atoms with Crippen molar-refractivity contribution in [3.8, 4) is 0 Å². The van der Waals surface area contributed by atoms with E-state index in [9.17, 15) is 18.4 Å². The average Bonchev–Trinajstić information content (AvgIpc) is 2.38. The molecule has 5 atom stereocenters. The van der Waals surface area contributed by atoms with Gasteiger partial charge in [-0.2, -0.15) is 0 Å². The average molecular weight is 274 g/mol. The van der Waals surface area contributed by atoms with Gasteiger partial charge in [0.2, 0.25) is 0 Å². The Morgan fingerprint density at radius 2 is 2.25 bits per heavy atom. The normalized spacial score (nSPS) is 38.8. The van der Waals surface area contributed by atoms with Crippen LogP contribution in [-0.4, -0.2) is 29.5 Å². The molecule has 6 nitrogen and oxygen atoms in total. The Labute approximate surface area is 94.0 Å². The van der Waals surface area contributed by atoms with Crippen LogP contribution in [0.4, 0.5) is 4.20 Å². The second-order valence-electron chi connectivity index (χ2n) is 3.58. The summed E-state index contributed by atoms with van der Waals surface area (Å²) in [6.07, 6.45) is -3.16. The molecule has 1 rings (SSSR count). The molecule has 5 unspecified atom stereocenters. The number of hydrogen-bond acceptors (Lipinski definition) is 6. The molecule has 16 heavy (non-hydrogen) atoms. The zero-order valence-electron chi connectivity index (χ0n) is 8.78. The summed E-state index contributed by atoms with van der Waals surface area (Å²) >= 11 is 0. The number of rotatable bonds is 5. The van der Waals surface area contributed by atoms with Crippen molar-refractivity contribution in [2.45, 2.75) is 44.7 Å². The van der Waals surface area contributed by atoms with Gasteiger partial charge in [0.15, 0.2) is 0 Å². The molecule has 1 fully saturated rings. The smallest absolute Gasteiger partial charge is 0.391 e. The second kappa shape index (κ2) is 5.63. The minimum atomic E-state index is -4.48. The molecule has 0 aromatic heterocycles. The van der Waals surface area contributed by atoms with Crippen molar-refractivity contribution < 1.29 is 32.0 Å². The Morgan fingerprint density at radius 1 is 1.62 bits per heavy atom. The number of halogens is 1. The quantitative estimate of drug-likeness (QED) is 0.774. The molecule has 1 aliphatic heterocycles. The molecule has 9 heteroatoms. The van der Waals surface area contributed by atoms with Crippen LogP contribution in [0.25, 0.3) is 0 Å². The third-order valence-electron chi connectivity index (χ3n) is 2.26. The second-order valence-corrected chi connectivity index (χ2v) is 5.22. The lowest BCUT2D eigenvalue weighted by molar-refractivity contribution is 0.0203. The SMILES string of the molecule is CC(O)C(CC1OP(=O)(F)OC1C)OP=O. The van der Waals surface area contributed by atoms with Gasteiger partial charge in [-0.05, 0) is 13.8 Å². The van der Waals surface area contributed by atoms with Crippen LogP contribution in [0.1, 0.15) is 20.3 Å². The van der Waals surface area contributed by atoms with Crippen molar-refractivity contribution >= 4 is 16.6 Å². The number of hydrogen-bond donors (Lipinski definition) is 1. The van der Waals surface area contributed by atoms with Gasteiger partial charge in [-0.3, -0.25) is 13.6 Å². The van der Waals surface area contributed by atoms with Crippen molar-refractivity contribution in [3.05, 3.63) is 0 Å². The monoisotopic (exact) mass is 274 g/mol. The van der Waals surface area contributed by atoms with E-state index >= 15 is 0 Å². The van der Waals surface area contributed by atoms with Crippen LogP contribution in [0, 0.1) is 0 Å². The minimum absolute atomic E-state index is 0.0436. The summed E-state index contributed by atoms with van der Waals surface area (Å²) < 4.78 is 47.8. The van der Waals surface area contributed by atoms with Gasteiger partial charge >= 0.3 is 16.6 Å². The lowest BCUT2D eigenvalue weighted by Gasteiger charge is -2.20. The van der Waals surface area contributed by atoms with Gasteiger partial charge in [0.1, 0.15) is 0 Å². The largest absolute Gasteiger partial charge is 0.513 e. The van der Waals surface area contributed by atoms with Gasteiger partial charge in [0.05, 0.1) is 24.4 Å². The Balaban J connectivity index is 2.58. The summed E-state index contributed by atoms with van der Waals surface area (Å²) in [6.45, 7) is 2.93. The van der Waals surface area contributed by atoms with Gasteiger partial charge in [-0.1, -0.05) is 0 Å². The van der Waals surface area contributed by atoms with Crippen LogP contribution in [0.5, 0.6) is 0 Å². The molecule has 0 saturated carbocycles. The van der Waals surface area contributed by atoms with Crippen LogP contribution in [-0.2, 0) is 22.7 Å². The molecule has 0 amide bonds. The third-order valence-corrected chi connectivity index (χ3v) is 3.72. The zero-order chi connectivity index (χ0) is 12.3. The summed E-state index contributed by atoms with van der Waals surface area (Å²) in [5.41, 5.74) is 0. The van der Waals surface area contributed by atoms with E-state index in [1.807, 2.05) is 0 Å². The molecule has 1 heterocycles. The number of aliphatic hydroxyl groups is 1. The molecule has 0 aliphatic carbocycles. The molecular weight excluding hydrogens is 261 g/mol. The molecule has 0 aromatic carbocycles. The first-order valence-corrected chi connectivity index (χ1v) is 6.85. The fourth-order valence-electron chi connectivity index (χ4n) is 1.39. The van der Waals surface area contributed by atoms with E-state index in [1.54, 1.807) is 0 Å². The van der Waals surface area contributed by atoms with Crippen LogP contribution in [0.3, 0.4) is 0 Å². The molecule has 94 valence electrons. The van der Waals surface area contributed by atoms with E-state index in [0.29, 0.717) is 0 Å². The molecule has 0 spiro atoms. The summed E-state index contributed by atoms with van der Waals surface area (Å²) in [5, 5.41) is 9.29. The minimum Gasteiger partial charge on any atom is -0.391 e. The highest BCUT2D eigenvalue weighted by Gasteiger charge is 2.44. The maximum absolute atomic E-state index is 12.9. The zero-order valence-corrected chi connectivity index (χ0v) is 10.6. The van der Waals surface area contributed by atoms with Gasteiger partial charge in [-0.15, -0.1) is 4.20 Å². The van der Waals surface area contributed by atoms with E-state index in [2.05, 4.69) is 9.05 Å². The molecule has 1 saturated heterocycles. The van der Waals surface area contributed by atoms with Crippen molar-refractivity contribution in [3.63, 3.8) is 0 Å². The first-order valence-electron chi connectivity index (χ1n) is 4.69. The Kier molecular flexibility index (Phi) is 4.98. The van der Waals surface area contributed by atoms with E-state index in [0.717, 1.165) is 0 Å². The molecule has 1 N–H and O–H groups in total. The highest BCUT2D eigenvalue weighted by atomic mass is 31.2. The van der Waals surface area contributed by atoms with Crippen LogP contribution >= 0.6 is 16.6 Å². The van der Waals surface area contributed by atoms with Crippen LogP contribution in [0.15, 0.2) is 0 Å². The maximum Gasteiger partial charge on any atom is 0.513 e. The molecular formula is C7H13FO6P2. The Bertz CT molecular complexity index is 299. The van der Waals surface area contributed by atoms with Crippen LogP contribution in [0.2, 0.25) is 0 Å². The van der Waals surface area contributed by atoms with Gasteiger partial charge in [-0.25, -0.2) is 9.13 Å². The van der Waals surface area contributed by atoms with Gasteiger partial charge in [0.25, 0.3) is 0 Å². The maximum atomic E-state index is 12.9. The summed E-state index contributed by atoms with van der Waals surface area (Å²) in [6, 6.07) is 0. The van der Waals surface area contributed by atoms with Crippen molar-refractivity contribution in [2.75, 3.05) is 0 Å². The Morgan fingerprint density at radius 3 is 2.62 bits per heavy atom. The van der Waals surface area contributed by atoms with E-state index in [4.69, 9.17) is 4.52 Å². The fourth-order valence-corrected chi connectivity index (χ4v) is 2.92. The summed E-state index contributed by atoms with van der Waals surface area (Å²) in [7, 11) is -5.07. The highest BCUT2D eigenvalue weighted by Crippen LogP contribution is 2.58. The standard InChI is InChI=1S/C7H13FO6P2/c1-4(9)6(12-15-10)3-7-5(2)13-16(8,11)14-7/h4-7,9H,3H2,1-2H3. The van der Waals surface area contributed by atoms with Crippen molar-refractivity contribution in [1.29, 1.82) is 0 Å². The van der Waals surface area contributed by atoms with E-state index in [1.165, 1.54) is 13.8 Å². The molecule has 0 radical (unpaired) electrons. The predicted molar refractivity (Wildman–Crippen MR) is 52.9 cm³/mol. The van der Waals surface area contributed by atoms with E-state index in [-0.39, 0.29) is 6.42 Å². The summed E-state index contributed by atoms with van der Waals surface area (Å²) in [5.74, 6) is 0. The fraction of sp³-hybridized carbons (Fsp3) is 1.00. The first-order chi connectivity index (χ1) is 7.35. The molecule has 0 aromatic rings. The third kappa shape index (κ3) is 3.84. The molecule has 0 bridgehead atoms. The first kappa shape index (κ1) is 14.2. The molecule has 1 aliphatic rings. The lowest BCUT2D eigenvalue weighted by Crippen LogP contribution is -2.32. The Hall–Kier alpha value is 0.1000. The van der Waals surface area contributed by atoms with Gasteiger partial charge in [0, 0.05) is 6.42 Å². The summed E-state index contributed by atoms with van der Waals surface area (Å²) in [4.78, 5) is 0. The van der Waals surface area contributed by atoms with Crippen molar-refractivity contribution in [1.82, 2.24) is 0 Å². The van der Waals surface area contributed by atoms with Gasteiger partial charge < -0.3 is 5.11 Å². The highest BCUT2D eigenvalue weighted by molar-refractivity contribution is 7.48.